The Morgan fingerprint density at radius 1 is 1.40 bits per heavy atom. The predicted molar refractivity (Wildman–Crippen MR) is 75.7 cm³/mol. The quantitative estimate of drug-likeness (QED) is 0.746. The maximum absolute atomic E-state index is 12.1. The number of carboxylic acid groups (broad SMARTS) is 1. The van der Waals surface area contributed by atoms with Crippen molar-refractivity contribution < 1.29 is 19.4 Å². The lowest BCUT2D eigenvalue weighted by atomic mass is 9.84. The minimum absolute atomic E-state index is 0.167. The number of nitrogens with one attached hydrogen (secondary N) is 1. The molecule has 0 aliphatic heterocycles. The van der Waals surface area contributed by atoms with E-state index in [4.69, 9.17) is 9.84 Å². The molecule has 6 heteroatoms. The van der Waals surface area contributed by atoms with E-state index in [1.54, 1.807) is 0 Å². The molecule has 6 nitrogen and oxygen atoms in total. The summed E-state index contributed by atoms with van der Waals surface area (Å²) in [7, 11) is 1.53. The summed E-state index contributed by atoms with van der Waals surface area (Å²) >= 11 is 0. The largest absolute Gasteiger partial charge is 0.480 e. The van der Waals surface area contributed by atoms with Crippen LogP contribution in [0, 0.1) is 5.92 Å². The second-order valence-electron chi connectivity index (χ2n) is 5.40. The molecule has 0 spiro atoms. The normalized spacial score (nSPS) is 22.3. The van der Waals surface area contributed by atoms with Crippen LogP contribution >= 0.6 is 0 Å². The van der Waals surface area contributed by atoms with Gasteiger partial charge in [0.25, 0.3) is 0 Å². The van der Waals surface area contributed by atoms with E-state index in [9.17, 15) is 9.59 Å². The highest BCUT2D eigenvalue weighted by atomic mass is 16.5. The summed E-state index contributed by atoms with van der Waals surface area (Å²) in [5.74, 6) is -0.340. The van der Waals surface area contributed by atoms with Crippen LogP contribution in [0.25, 0.3) is 0 Å². The van der Waals surface area contributed by atoms with Crippen molar-refractivity contribution in [2.24, 2.45) is 5.92 Å². The molecule has 2 amide bonds. The van der Waals surface area contributed by atoms with Gasteiger partial charge in [-0.1, -0.05) is 26.2 Å². The number of carbonyl (C=O) groups is 2. The average molecular weight is 286 g/mol. The standard InChI is InChI=1S/C14H26N2O4/c1-3-11-5-4-6-12(9-11)15-14(19)16(7-8-20-2)10-13(17)18/h11-12H,3-10H2,1-2H3,(H,15,19)(H,17,18). The summed E-state index contributed by atoms with van der Waals surface area (Å²) in [5.41, 5.74) is 0. The van der Waals surface area contributed by atoms with Gasteiger partial charge in [0.05, 0.1) is 6.61 Å². The zero-order valence-electron chi connectivity index (χ0n) is 12.4. The van der Waals surface area contributed by atoms with Gasteiger partial charge in [-0.3, -0.25) is 4.79 Å². The van der Waals surface area contributed by atoms with Crippen LogP contribution in [-0.4, -0.2) is 54.9 Å². The van der Waals surface area contributed by atoms with Crippen molar-refractivity contribution in [1.82, 2.24) is 10.2 Å². The van der Waals surface area contributed by atoms with Crippen molar-refractivity contribution >= 4 is 12.0 Å². The average Bonchev–Trinajstić information content (AvgIpc) is 2.43. The second kappa shape index (κ2) is 8.79. The molecule has 1 aliphatic carbocycles. The lowest BCUT2D eigenvalue weighted by Gasteiger charge is -2.31. The molecule has 2 unspecified atom stereocenters. The third-order valence-corrected chi connectivity index (χ3v) is 3.87. The molecular formula is C14H26N2O4. The SMILES string of the molecule is CCC1CCCC(NC(=O)N(CCOC)CC(=O)O)C1. The van der Waals surface area contributed by atoms with Gasteiger partial charge < -0.3 is 20.1 Å². The summed E-state index contributed by atoms with van der Waals surface area (Å²) in [4.78, 5) is 24.2. The summed E-state index contributed by atoms with van der Waals surface area (Å²) in [6.45, 7) is 2.50. The van der Waals surface area contributed by atoms with E-state index in [1.165, 1.54) is 18.4 Å². The van der Waals surface area contributed by atoms with E-state index in [0.717, 1.165) is 25.7 Å². The summed E-state index contributed by atoms with van der Waals surface area (Å²) in [5, 5.41) is 11.8. The van der Waals surface area contributed by atoms with Crippen molar-refractivity contribution in [1.29, 1.82) is 0 Å². The van der Waals surface area contributed by atoms with E-state index < -0.39 is 5.97 Å². The van der Waals surface area contributed by atoms with Crippen LogP contribution in [0.5, 0.6) is 0 Å². The Hall–Kier alpha value is -1.30. The Labute approximate surface area is 120 Å². The molecule has 1 saturated carbocycles. The van der Waals surface area contributed by atoms with Gasteiger partial charge >= 0.3 is 12.0 Å². The molecule has 0 saturated heterocycles. The van der Waals surface area contributed by atoms with E-state index in [2.05, 4.69) is 12.2 Å². The van der Waals surface area contributed by atoms with Crippen LogP contribution < -0.4 is 5.32 Å². The van der Waals surface area contributed by atoms with Crippen molar-refractivity contribution in [2.75, 3.05) is 26.8 Å². The Balaban J connectivity index is 2.49. The molecule has 0 bridgehead atoms. The Morgan fingerprint density at radius 3 is 2.75 bits per heavy atom. The number of amides is 2. The van der Waals surface area contributed by atoms with E-state index in [-0.39, 0.29) is 18.6 Å². The van der Waals surface area contributed by atoms with Gasteiger partial charge in [0, 0.05) is 19.7 Å². The lowest BCUT2D eigenvalue weighted by Crippen LogP contribution is -2.48. The van der Waals surface area contributed by atoms with Gasteiger partial charge in [0.2, 0.25) is 0 Å². The van der Waals surface area contributed by atoms with Gasteiger partial charge in [0.15, 0.2) is 0 Å². The molecule has 0 aromatic heterocycles. The molecule has 0 heterocycles. The van der Waals surface area contributed by atoms with Gasteiger partial charge in [-0.2, -0.15) is 0 Å². The molecule has 1 aliphatic rings. The summed E-state index contributed by atoms with van der Waals surface area (Å²) in [6.07, 6.45) is 5.46. The monoisotopic (exact) mass is 286 g/mol. The fourth-order valence-electron chi connectivity index (χ4n) is 2.68. The zero-order chi connectivity index (χ0) is 15.0. The third kappa shape index (κ3) is 5.77. The molecule has 0 aromatic carbocycles. The number of hydrogen-bond acceptors (Lipinski definition) is 3. The third-order valence-electron chi connectivity index (χ3n) is 3.87. The first-order chi connectivity index (χ1) is 9.56. The van der Waals surface area contributed by atoms with E-state index in [0.29, 0.717) is 19.1 Å². The molecular weight excluding hydrogens is 260 g/mol. The first-order valence-corrected chi connectivity index (χ1v) is 7.33. The van der Waals surface area contributed by atoms with Crippen LogP contribution in [0.2, 0.25) is 0 Å². The topological polar surface area (TPSA) is 78.9 Å². The summed E-state index contributed by atoms with van der Waals surface area (Å²) < 4.78 is 4.91. The number of carboxylic acids is 1. The second-order valence-corrected chi connectivity index (χ2v) is 5.40. The predicted octanol–water partition coefficient (Wildman–Crippen LogP) is 1.70. The Morgan fingerprint density at radius 2 is 2.15 bits per heavy atom. The Kier molecular flexibility index (Phi) is 7.36. The molecule has 1 fully saturated rings. The molecule has 1 rings (SSSR count). The van der Waals surface area contributed by atoms with Crippen molar-refractivity contribution in [3.63, 3.8) is 0 Å². The van der Waals surface area contributed by atoms with Crippen LogP contribution in [0.3, 0.4) is 0 Å². The fourth-order valence-corrected chi connectivity index (χ4v) is 2.68. The van der Waals surface area contributed by atoms with Crippen molar-refractivity contribution in [3.8, 4) is 0 Å². The smallest absolute Gasteiger partial charge is 0.323 e. The van der Waals surface area contributed by atoms with Crippen LogP contribution in [-0.2, 0) is 9.53 Å². The molecule has 20 heavy (non-hydrogen) atoms. The van der Waals surface area contributed by atoms with Crippen LogP contribution in [0.15, 0.2) is 0 Å². The summed E-state index contributed by atoms with van der Waals surface area (Å²) in [6, 6.07) is -0.133. The molecule has 2 atom stereocenters. The highest BCUT2D eigenvalue weighted by molar-refractivity contribution is 5.80. The van der Waals surface area contributed by atoms with Crippen LogP contribution in [0.4, 0.5) is 4.79 Å². The van der Waals surface area contributed by atoms with Crippen LogP contribution in [0.1, 0.15) is 39.0 Å². The number of hydrogen-bond donors (Lipinski definition) is 2. The number of carbonyl (C=O) groups excluding carboxylic acids is 1. The lowest BCUT2D eigenvalue weighted by molar-refractivity contribution is -0.137. The number of urea groups is 1. The van der Waals surface area contributed by atoms with Crippen molar-refractivity contribution in [3.05, 3.63) is 0 Å². The number of ether oxygens (including phenoxy) is 1. The first kappa shape index (κ1) is 16.8. The molecule has 0 radical (unpaired) electrons. The highest BCUT2D eigenvalue weighted by Gasteiger charge is 2.24. The van der Waals surface area contributed by atoms with Gasteiger partial charge in [-0.05, 0) is 18.8 Å². The fraction of sp³-hybridized carbons (Fsp3) is 0.857. The molecule has 2 N–H and O–H groups in total. The number of methoxy groups -OCH3 is 1. The number of rotatable bonds is 7. The Bertz CT molecular complexity index is 322. The van der Waals surface area contributed by atoms with Gasteiger partial charge in [0.1, 0.15) is 6.54 Å². The minimum atomic E-state index is -1.01. The first-order valence-electron chi connectivity index (χ1n) is 7.33. The zero-order valence-corrected chi connectivity index (χ0v) is 12.4. The molecule has 116 valence electrons. The highest BCUT2D eigenvalue weighted by Crippen LogP contribution is 2.26. The maximum atomic E-state index is 12.1. The van der Waals surface area contributed by atoms with E-state index >= 15 is 0 Å². The minimum Gasteiger partial charge on any atom is -0.480 e. The van der Waals surface area contributed by atoms with Crippen molar-refractivity contribution in [2.45, 2.75) is 45.1 Å². The maximum Gasteiger partial charge on any atom is 0.323 e. The number of aliphatic carboxylic acids is 1. The van der Waals surface area contributed by atoms with Gasteiger partial charge in [-0.25, -0.2) is 4.79 Å². The number of nitrogens with zero attached hydrogens (tertiary/aromatic N) is 1. The van der Waals surface area contributed by atoms with Gasteiger partial charge in [-0.15, -0.1) is 0 Å². The van der Waals surface area contributed by atoms with E-state index in [1.807, 2.05) is 0 Å². The molecule has 0 aromatic rings.